The highest BCUT2D eigenvalue weighted by atomic mass is 16.2. The van der Waals surface area contributed by atoms with Gasteiger partial charge in [0.1, 0.15) is 12.1 Å². The highest BCUT2D eigenvalue weighted by Crippen LogP contribution is 2.29. The van der Waals surface area contributed by atoms with Crippen molar-refractivity contribution >= 4 is 39.8 Å². The molecule has 240 valence electrons. The summed E-state index contributed by atoms with van der Waals surface area (Å²) in [4.78, 5) is 62.8. The molecule has 2 aromatic heterocycles. The lowest BCUT2D eigenvalue weighted by molar-refractivity contribution is -0.135. The number of nitrogens with two attached hydrogens (primary N) is 1. The molecule has 4 aromatic rings. The minimum Gasteiger partial charge on any atom is -0.361 e. The standard InChI is InChI=1S/C33H44N8O4/c1-21(24-20-35-25-11-5-4-10-23(24)25)29(30(42)36-27(13-8-9-17-34)31(43)39(2)3)38-32(44)40-18-15-22(16-19-40)41-28-14-7-6-12-26(28)37-33(41)45/h4-7,10-12,14,20-22,27,29,35H,8-9,13,15-19,34H2,1-3H3,(H,36,42)(H,37,45)(H,38,44). The van der Waals surface area contributed by atoms with Crippen molar-refractivity contribution in [2.45, 2.75) is 63.1 Å². The summed E-state index contributed by atoms with van der Waals surface area (Å²) < 4.78 is 1.78. The Morgan fingerprint density at radius 1 is 1.00 bits per heavy atom. The average molecular weight is 617 g/mol. The molecule has 2 aromatic carbocycles. The topological polar surface area (TPSA) is 161 Å². The number of carbonyl (C=O) groups excluding carboxylic acids is 3. The number of nitrogens with one attached hydrogen (secondary N) is 4. The summed E-state index contributed by atoms with van der Waals surface area (Å²) in [6.07, 6.45) is 4.94. The van der Waals surface area contributed by atoms with Gasteiger partial charge in [0.2, 0.25) is 11.8 Å². The number of fused-ring (bicyclic) bond motifs is 2. The largest absolute Gasteiger partial charge is 0.361 e. The van der Waals surface area contributed by atoms with Crippen LogP contribution in [-0.4, -0.2) is 88.0 Å². The van der Waals surface area contributed by atoms with Gasteiger partial charge < -0.3 is 36.1 Å². The van der Waals surface area contributed by atoms with E-state index >= 15 is 0 Å². The number of rotatable bonds is 11. The van der Waals surface area contributed by atoms with Gasteiger partial charge in [-0.2, -0.15) is 0 Å². The van der Waals surface area contributed by atoms with Crippen molar-refractivity contribution in [1.82, 2.24) is 35.0 Å². The lowest BCUT2D eigenvalue weighted by atomic mass is 9.91. The molecule has 0 bridgehead atoms. The van der Waals surface area contributed by atoms with Crippen molar-refractivity contribution in [3.8, 4) is 0 Å². The van der Waals surface area contributed by atoms with Crippen LogP contribution in [0.1, 0.15) is 56.6 Å². The molecule has 3 atom stereocenters. The van der Waals surface area contributed by atoms with E-state index in [-0.39, 0.29) is 23.7 Å². The van der Waals surface area contributed by atoms with E-state index in [1.54, 1.807) is 23.6 Å². The monoisotopic (exact) mass is 616 g/mol. The van der Waals surface area contributed by atoms with Crippen LogP contribution in [0.25, 0.3) is 21.9 Å². The predicted molar refractivity (Wildman–Crippen MR) is 175 cm³/mol. The van der Waals surface area contributed by atoms with Crippen LogP contribution in [0, 0.1) is 0 Å². The second-order valence-electron chi connectivity index (χ2n) is 12.1. The third-order valence-electron chi connectivity index (χ3n) is 8.92. The van der Waals surface area contributed by atoms with E-state index < -0.39 is 23.9 Å². The molecule has 4 amide bonds. The van der Waals surface area contributed by atoms with E-state index in [0.717, 1.165) is 33.9 Å². The molecule has 12 heteroatoms. The number of imidazole rings is 1. The summed E-state index contributed by atoms with van der Waals surface area (Å²) in [6.45, 7) is 3.27. The summed E-state index contributed by atoms with van der Waals surface area (Å²) in [6, 6.07) is 13.3. The maximum Gasteiger partial charge on any atom is 0.326 e. The Bertz CT molecular complexity index is 1700. The molecule has 3 heterocycles. The van der Waals surface area contributed by atoms with Crippen LogP contribution in [0.2, 0.25) is 0 Å². The van der Waals surface area contributed by atoms with E-state index in [9.17, 15) is 19.2 Å². The van der Waals surface area contributed by atoms with E-state index in [0.29, 0.717) is 45.3 Å². The molecule has 1 aliphatic heterocycles. The quantitative estimate of drug-likeness (QED) is 0.164. The molecule has 3 unspecified atom stereocenters. The number of hydrogen-bond acceptors (Lipinski definition) is 5. The van der Waals surface area contributed by atoms with E-state index in [2.05, 4.69) is 20.6 Å². The number of amides is 4. The number of H-pyrrole nitrogens is 2. The van der Waals surface area contributed by atoms with Crippen LogP contribution in [0.4, 0.5) is 4.79 Å². The number of benzene rings is 2. The maximum absolute atomic E-state index is 14.0. The van der Waals surface area contributed by atoms with Crippen molar-refractivity contribution < 1.29 is 14.4 Å². The molecule has 6 N–H and O–H groups in total. The Morgan fingerprint density at radius 2 is 1.69 bits per heavy atom. The van der Waals surface area contributed by atoms with Gasteiger partial charge in [-0.15, -0.1) is 0 Å². The van der Waals surface area contributed by atoms with Gasteiger partial charge in [-0.1, -0.05) is 37.3 Å². The minimum atomic E-state index is -0.947. The van der Waals surface area contributed by atoms with Gasteiger partial charge in [0.25, 0.3) is 0 Å². The fraction of sp³-hybridized carbons (Fsp3) is 0.455. The Labute approximate surface area is 262 Å². The Kier molecular flexibility index (Phi) is 9.92. The van der Waals surface area contributed by atoms with E-state index in [1.165, 1.54) is 4.90 Å². The number of piperidine rings is 1. The molecule has 12 nitrogen and oxygen atoms in total. The Morgan fingerprint density at radius 3 is 2.40 bits per heavy atom. The van der Waals surface area contributed by atoms with Gasteiger partial charge in [-0.05, 0) is 62.4 Å². The smallest absolute Gasteiger partial charge is 0.326 e. The normalized spacial score (nSPS) is 16.0. The molecule has 5 rings (SSSR count). The van der Waals surface area contributed by atoms with Crippen LogP contribution in [-0.2, 0) is 9.59 Å². The first-order valence-corrected chi connectivity index (χ1v) is 15.7. The molecule has 0 radical (unpaired) electrons. The van der Waals surface area contributed by atoms with Gasteiger partial charge in [0.15, 0.2) is 0 Å². The molecule has 0 saturated carbocycles. The summed E-state index contributed by atoms with van der Waals surface area (Å²) in [7, 11) is 3.32. The molecule has 1 aliphatic rings. The molecule has 0 aliphatic carbocycles. The Hall–Kier alpha value is -4.58. The van der Waals surface area contributed by atoms with Crippen molar-refractivity contribution in [2.75, 3.05) is 33.7 Å². The highest BCUT2D eigenvalue weighted by Gasteiger charge is 2.35. The van der Waals surface area contributed by atoms with Gasteiger partial charge in [0.05, 0.1) is 11.0 Å². The Balaban J connectivity index is 1.34. The number of para-hydroxylation sites is 3. The predicted octanol–water partition coefficient (Wildman–Crippen LogP) is 3.03. The molecular weight excluding hydrogens is 572 g/mol. The van der Waals surface area contributed by atoms with E-state index in [4.69, 9.17) is 5.73 Å². The van der Waals surface area contributed by atoms with Crippen LogP contribution >= 0.6 is 0 Å². The molecular formula is C33H44N8O4. The first-order chi connectivity index (χ1) is 21.7. The number of nitrogens with zero attached hydrogens (tertiary/aromatic N) is 3. The summed E-state index contributed by atoms with van der Waals surface area (Å²) in [5, 5.41) is 6.93. The second kappa shape index (κ2) is 14.0. The first-order valence-electron chi connectivity index (χ1n) is 15.7. The lowest BCUT2D eigenvalue weighted by Gasteiger charge is -2.35. The van der Waals surface area contributed by atoms with Gasteiger partial charge in [-0.25, -0.2) is 9.59 Å². The number of carbonyl (C=O) groups is 3. The van der Waals surface area contributed by atoms with Crippen LogP contribution < -0.4 is 22.1 Å². The van der Waals surface area contributed by atoms with Crippen molar-refractivity contribution in [2.24, 2.45) is 5.73 Å². The fourth-order valence-electron chi connectivity index (χ4n) is 6.38. The van der Waals surface area contributed by atoms with E-state index in [1.807, 2.05) is 61.7 Å². The number of likely N-dealkylation sites (N-methyl/N-ethyl adjacent to an activating group) is 1. The van der Waals surface area contributed by atoms with Crippen LogP contribution in [0.5, 0.6) is 0 Å². The molecule has 1 saturated heterocycles. The lowest BCUT2D eigenvalue weighted by Crippen LogP contribution is -2.57. The molecule has 45 heavy (non-hydrogen) atoms. The summed E-state index contributed by atoms with van der Waals surface area (Å²) in [5.41, 5.74) is 8.98. The second-order valence-corrected chi connectivity index (χ2v) is 12.1. The first kappa shape index (κ1) is 31.8. The number of aromatic nitrogens is 3. The number of unbranched alkanes of at least 4 members (excludes halogenated alkanes) is 1. The van der Waals surface area contributed by atoms with Gasteiger partial charge in [-0.3, -0.25) is 14.2 Å². The maximum atomic E-state index is 14.0. The minimum absolute atomic E-state index is 0.0479. The van der Waals surface area contributed by atoms with Crippen molar-refractivity contribution in [3.63, 3.8) is 0 Å². The van der Waals surface area contributed by atoms with Crippen molar-refractivity contribution in [1.29, 1.82) is 0 Å². The van der Waals surface area contributed by atoms with Crippen molar-refractivity contribution in [3.05, 3.63) is 70.8 Å². The number of likely N-dealkylation sites (tertiary alicyclic amines) is 1. The van der Waals surface area contributed by atoms with Crippen LogP contribution in [0.15, 0.2) is 59.5 Å². The molecule has 1 fully saturated rings. The zero-order valence-electron chi connectivity index (χ0n) is 26.2. The third kappa shape index (κ3) is 6.90. The molecule has 0 spiro atoms. The SMILES string of the molecule is CC(c1c[nH]c2ccccc12)C(NC(=O)N1CCC(n2c(=O)[nH]c3ccccc32)CC1)C(=O)NC(CCCCN)C(=O)N(C)C. The number of urea groups is 1. The van der Waals surface area contributed by atoms with Gasteiger partial charge in [0, 0.05) is 56.2 Å². The van der Waals surface area contributed by atoms with Crippen LogP contribution in [0.3, 0.4) is 0 Å². The zero-order valence-corrected chi connectivity index (χ0v) is 26.2. The number of hydrogen-bond donors (Lipinski definition) is 5. The number of aromatic amines is 2. The third-order valence-corrected chi connectivity index (χ3v) is 8.92. The summed E-state index contributed by atoms with van der Waals surface area (Å²) >= 11 is 0. The zero-order chi connectivity index (χ0) is 32.1. The highest BCUT2D eigenvalue weighted by molar-refractivity contribution is 5.93. The summed E-state index contributed by atoms with van der Waals surface area (Å²) in [5.74, 6) is -1.04. The fourth-order valence-corrected chi connectivity index (χ4v) is 6.38. The average Bonchev–Trinajstić information content (AvgIpc) is 3.62. The van der Waals surface area contributed by atoms with Gasteiger partial charge >= 0.3 is 11.7 Å².